The van der Waals surface area contributed by atoms with E-state index in [-0.39, 0.29) is 0 Å². The topological polar surface area (TPSA) is 36.4 Å². The molecule has 11 heavy (non-hydrogen) atoms. The predicted molar refractivity (Wildman–Crippen MR) is 53.0 cm³/mol. The highest BCUT2D eigenvalue weighted by Crippen LogP contribution is 1.92. The van der Waals surface area contributed by atoms with Gasteiger partial charge in [0.1, 0.15) is 0 Å². The number of hydrazone groups is 1. The first-order chi connectivity index (χ1) is 5.13. The molecule has 0 saturated heterocycles. The van der Waals surface area contributed by atoms with Crippen molar-refractivity contribution in [2.75, 3.05) is 14.1 Å². The lowest BCUT2D eigenvalue weighted by Gasteiger charge is -2.05. The molecule has 0 aromatic rings. The Balaban J connectivity index is 4.25. The Labute approximate surface area is 72.6 Å². The molecule has 0 fully saturated rings. The highest BCUT2D eigenvalue weighted by atomic mass is 32.1. The summed E-state index contributed by atoms with van der Waals surface area (Å²) in [6.45, 7) is 5.55. The van der Waals surface area contributed by atoms with Crippen LogP contribution in [0.25, 0.3) is 0 Å². The summed E-state index contributed by atoms with van der Waals surface area (Å²) in [6, 6.07) is 0. The summed E-state index contributed by atoms with van der Waals surface area (Å²) in [6.07, 6.45) is 0. The van der Waals surface area contributed by atoms with E-state index >= 15 is 0 Å². The number of thiocarbonyl (C=S) groups is 1. The van der Waals surface area contributed by atoms with Crippen LogP contribution in [0, 0.1) is 0 Å². The second-order valence-electron chi connectivity index (χ2n) is 1.98. The van der Waals surface area contributed by atoms with E-state index in [4.69, 9.17) is 12.2 Å². The van der Waals surface area contributed by atoms with Crippen LogP contribution in [0.2, 0.25) is 0 Å². The van der Waals surface area contributed by atoms with Crippen LogP contribution < -0.4 is 10.7 Å². The predicted octanol–water partition coefficient (Wildman–Crippen LogP) is 0.685. The smallest absolute Gasteiger partial charge is 0.0832 e. The zero-order valence-corrected chi connectivity index (χ0v) is 7.88. The zero-order chi connectivity index (χ0) is 8.85. The number of hydrogen-bond acceptors (Lipinski definition) is 4. The van der Waals surface area contributed by atoms with Crippen LogP contribution in [0.5, 0.6) is 0 Å². The number of nitrogens with zero attached hydrogens (tertiary/aromatic N) is 1. The standard InChI is InChI=1S/C7H13N3S/c1-5(8-3)7(11)6(2)10-9-4/h8-9H,1H2,2-4H3. The maximum atomic E-state index is 5.03. The summed E-state index contributed by atoms with van der Waals surface area (Å²) >= 11 is 5.03. The van der Waals surface area contributed by atoms with Crippen molar-refractivity contribution in [3.63, 3.8) is 0 Å². The van der Waals surface area contributed by atoms with Gasteiger partial charge in [-0.1, -0.05) is 18.8 Å². The minimum absolute atomic E-state index is 0.654. The van der Waals surface area contributed by atoms with Crippen molar-refractivity contribution < 1.29 is 0 Å². The van der Waals surface area contributed by atoms with Crippen molar-refractivity contribution in [1.29, 1.82) is 0 Å². The van der Waals surface area contributed by atoms with Crippen molar-refractivity contribution in [3.05, 3.63) is 12.3 Å². The van der Waals surface area contributed by atoms with Gasteiger partial charge in [0.15, 0.2) is 0 Å². The Hall–Kier alpha value is -0.900. The first-order valence-electron chi connectivity index (χ1n) is 3.25. The van der Waals surface area contributed by atoms with Crippen LogP contribution in [0.1, 0.15) is 6.92 Å². The number of nitrogens with one attached hydrogen (secondary N) is 2. The maximum Gasteiger partial charge on any atom is 0.0832 e. The van der Waals surface area contributed by atoms with Crippen LogP contribution in [0.3, 0.4) is 0 Å². The Morgan fingerprint density at radius 2 is 2.00 bits per heavy atom. The molecule has 0 aliphatic rings. The minimum atomic E-state index is 0.654. The fraction of sp³-hybridized carbons (Fsp3) is 0.429. The molecule has 0 spiro atoms. The fourth-order valence-electron chi connectivity index (χ4n) is 0.550. The molecule has 62 valence electrons. The number of allylic oxidation sites excluding steroid dienone is 1. The monoisotopic (exact) mass is 171 g/mol. The van der Waals surface area contributed by atoms with Crippen LogP contribution >= 0.6 is 12.2 Å². The second-order valence-corrected chi connectivity index (χ2v) is 2.39. The van der Waals surface area contributed by atoms with E-state index < -0.39 is 0 Å². The van der Waals surface area contributed by atoms with Crippen molar-refractivity contribution in [1.82, 2.24) is 10.7 Å². The molecule has 0 rings (SSSR count). The van der Waals surface area contributed by atoms with E-state index in [9.17, 15) is 0 Å². The molecule has 0 aromatic heterocycles. The Kier molecular flexibility index (Phi) is 4.45. The minimum Gasteiger partial charge on any atom is -0.387 e. The van der Waals surface area contributed by atoms with E-state index in [0.717, 1.165) is 11.4 Å². The average Bonchev–Trinajstić information content (AvgIpc) is 2.02. The normalized spacial score (nSPS) is 10.6. The molecular weight excluding hydrogens is 158 g/mol. The summed E-state index contributed by atoms with van der Waals surface area (Å²) in [5.41, 5.74) is 4.14. The molecule has 0 heterocycles. The van der Waals surface area contributed by atoms with Gasteiger partial charge < -0.3 is 10.7 Å². The Bertz CT molecular complexity index is 196. The molecule has 0 saturated carbocycles. The molecule has 0 atom stereocenters. The summed E-state index contributed by atoms with van der Waals surface area (Å²) in [7, 11) is 3.51. The Morgan fingerprint density at radius 3 is 2.36 bits per heavy atom. The Morgan fingerprint density at radius 1 is 1.45 bits per heavy atom. The van der Waals surface area contributed by atoms with Crippen molar-refractivity contribution in [3.8, 4) is 0 Å². The van der Waals surface area contributed by atoms with Crippen molar-refractivity contribution >= 4 is 22.8 Å². The average molecular weight is 171 g/mol. The third kappa shape index (κ3) is 3.13. The summed E-state index contributed by atoms with van der Waals surface area (Å²) in [5.74, 6) is 0. The first-order valence-corrected chi connectivity index (χ1v) is 3.66. The van der Waals surface area contributed by atoms with E-state index in [1.807, 2.05) is 6.92 Å². The summed E-state index contributed by atoms with van der Waals surface area (Å²) < 4.78 is 0. The van der Waals surface area contributed by atoms with Crippen LogP contribution in [-0.4, -0.2) is 24.7 Å². The summed E-state index contributed by atoms with van der Waals surface area (Å²) in [5, 5.41) is 6.78. The lowest BCUT2D eigenvalue weighted by molar-refractivity contribution is 0.902. The molecule has 0 amide bonds. The molecule has 0 bridgehead atoms. The molecule has 4 heteroatoms. The fourth-order valence-corrected chi connectivity index (χ4v) is 0.698. The third-order valence-electron chi connectivity index (χ3n) is 1.18. The quantitative estimate of drug-likeness (QED) is 0.283. The van der Waals surface area contributed by atoms with E-state index in [1.54, 1.807) is 14.1 Å². The van der Waals surface area contributed by atoms with Gasteiger partial charge in [-0.3, -0.25) is 0 Å². The third-order valence-corrected chi connectivity index (χ3v) is 1.73. The van der Waals surface area contributed by atoms with Gasteiger partial charge in [0.25, 0.3) is 0 Å². The molecule has 3 nitrogen and oxygen atoms in total. The molecule has 0 unspecified atom stereocenters. The lowest BCUT2D eigenvalue weighted by Crippen LogP contribution is -2.20. The second kappa shape index (κ2) is 4.85. The van der Waals surface area contributed by atoms with Crippen LogP contribution in [-0.2, 0) is 0 Å². The lowest BCUT2D eigenvalue weighted by atomic mass is 10.2. The molecule has 0 aliphatic carbocycles. The van der Waals surface area contributed by atoms with E-state index in [2.05, 4.69) is 22.4 Å². The van der Waals surface area contributed by atoms with E-state index in [1.165, 1.54) is 0 Å². The van der Waals surface area contributed by atoms with Gasteiger partial charge in [0.05, 0.1) is 10.6 Å². The van der Waals surface area contributed by atoms with Gasteiger partial charge >= 0.3 is 0 Å². The van der Waals surface area contributed by atoms with Gasteiger partial charge in [0, 0.05) is 19.8 Å². The molecule has 2 N–H and O–H groups in total. The van der Waals surface area contributed by atoms with E-state index in [0.29, 0.717) is 4.86 Å². The van der Waals surface area contributed by atoms with Gasteiger partial charge in [-0.2, -0.15) is 5.10 Å². The number of hydrogen-bond donors (Lipinski definition) is 2. The molecule has 0 aliphatic heterocycles. The first kappa shape index (κ1) is 10.1. The molecule has 0 aromatic carbocycles. The van der Waals surface area contributed by atoms with Crippen molar-refractivity contribution in [2.24, 2.45) is 5.10 Å². The zero-order valence-electron chi connectivity index (χ0n) is 7.06. The van der Waals surface area contributed by atoms with Gasteiger partial charge in [-0.25, -0.2) is 0 Å². The number of rotatable bonds is 4. The van der Waals surface area contributed by atoms with Gasteiger partial charge in [-0.05, 0) is 6.92 Å². The highest BCUT2D eigenvalue weighted by Gasteiger charge is 2.02. The highest BCUT2D eigenvalue weighted by molar-refractivity contribution is 7.82. The largest absolute Gasteiger partial charge is 0.387 e. The van der Waals surface area contributed by atoms with Crippen molar-refractivity contribution in [2.45, 2.75) is 6.92 Å². The van der Waals surface area contributed by atoms with Gasteiger partial charge in [0.2, 0.25) is 0 Å². The summed E-state index contributed by atoms with van der Waals surface area (Å²) in [4.78, 5) is 0.654. The van der Waals surface area contributed by atoms with Gasteiger partial charge in [-0.15, -0.1) is 0 Å². The van der Waals surface area contributed by atoms with Crippen LogP contribution in [0.4, 0.5) is 0 Å². The van der Waals surface area contributed by atoms with Crippen LogP contribution in [0.15, 0.2) is 17.4 Å². The maximum absolute atomic E-state index is 5.03. The molecular formula is C7H13N3S. The SMILES string of the molecule is C=C(NC)C(=S)C(C)=NNC. The molecule has 0 radical (unpaired) electrons.